The Hall–Kier alpha value is -3.72. The highest BCUT2D eigenvalue weighted by molar-refractivity contribution is 8.00. The van der Waals surface area contributed by atoms with Gasteiger partial charge in [-0.3, -0.25) is 9.36 Å². The molecule has 1 amide bonds. The Morgan fingerprint density at radius 3 is 2.31 bits per heavy atom. The number of hydrogen-bond donors (Lipinski definition) is 1. The fourth-order valence-electron chi connectivity index (χ4n) is 3.45. The lowest BCUT2D eigenvalue weighted by molar-refractivity contribution is -0.115. The summed E-state index contributed by atoms with van der Waals surface area (Å²) in [7, 11) is 0. The fourth-order valence-corrected chi connectivity index (χ4v) is 4.43. The molecule has 0 saturated carbocycles. The van der Waals surface area contributed by atoms with Crippen molar-refractivity contribution in [2.24, 2.45) is 0 Å². The minimum absolute atomic E-state index is 0.104. The highest BCUT2D eigenvalue weighted by atomic mass is 32.2. The second-order valence-corrected chi connectivity index (χ2v) is 8.86. The average Bonchev–Trinajstić information content (AvgIpc) is 3.29. The number of anilines is 1. The number of halogens is 2. The second kappa shape index (κ2) is 11.1. The molecule has 2 atom stereocenters. The average molecular weight is 495 g/mol. The van der Waals surface area contributed by atoms with Gasteiger partial charge in [0, 0.05) is 5.69 Å². The fraction of sp³-hybridized carbons (Fsp3) is 0.192. The van der Waals surface area contributed by atoms with Crippen LogP contribution in [0.1, 0.15) is 32.2 Å². The largest absolute Gasteiger partial charge is 0.480 e. The van der Waals surface area contributed by atoms with Crippen molar-refractivity contribution in [3.8, 4) is 11.4 Å². The van der Waals surface area contributed by atoms with Gasteiger partial charge in [0.05, 0.1) is 10.9 Å². The molecule has 6 nitrogen and oxygen atoms in total. The van der Waals surface area contributed by atoms with Crippen LogP contribution in [0.25, 0.3) is 5.69 Å². The van der Waals surface area contributed by atoms with E-state index in [0.717, 1.165) is 5.69 Å². The number of rotatable bonds is 9. The van der Waals surface area contributed by atoms with Gasteiger partial charge in [0.1, 0.15) is 5.82 Å². The van der Waals surface area contributed by atoms with Crippen LogP contribution in [0.3, 0.4) is 0 Å². The molecule has 0 spiro atoms. The summed E-state index contributed by atoms with van der Waals surface area (Å²) in [5.41, 5.74) is 0.886. The zero-order chi connectivity index (χ0) is 24.8. The van der Waals surface area contributed by atoms with Crippen molar-refractivity contribution < 1.29 is 18.3 Å². The van der Waals surface area contributed by atoms with Gasteiger partial charge < -0.3 is 10.1 Å². The lowest BCUT2D eigenvalue weighted by atomic mass is 10.2. The summed E-state index contributed by atoms with van der Waals surface area (Å²) >= 11 is 1.22. The number of carbonyl (C=O) groups excluding carboxylic acids is 1. The molecule has 0 aliphatic carbocycles. The first-order valence-electron chi connectivity index (χ1n) is 11.1. The van der Waals surface area contributed by atoms with E-state index >= 15 is 0 Å². The molecule has 1 N–H and O–H groups in total. The van der Waals surface area contributed by atoms with Crippen LogP contribution < -0.4 is 10.1 Å². The van der Waals surface area contributed by atoms with Gasteiger partial charge in [-0.25, -0.2) is 8.78 Å². The maximum absolute atomic E-state index is 14.2. The quantitative estimate of drug-likeness (QED) is 0.281. The van der Waals surface area contributed by atoms with Crippen LogP contribution in [0, 0.1) is 11.6 Å². The third-order valence-corrected chi connectivity index (χ3v) is 6.53. The Balaban J connectivity index is 1.63. The van der Waals surface area contributed by atoms with Crippen LogP contribution in [-0.4, -0.2) is 25.9 Å². The van der Waals surface area contributed by atoms with E-state index in [1.54, 1.807) is 41.8 Å². The minimum Gasteiger partial charge on any atom is -0.480 e. The van der Waals surface area contributed by atoms with E-state index in [1.165, 1.54) is 30.0 Å². The summed E-state index contributed by atoms with van der Waals surface area (Å²) in [6.07, 6.45) is -0.162. The van der Waals surface area contributed by atoms with Crippen molar-refractivity contribution in [3.05, 3.63) is 96.3 Å². The monoisotopic (exact) mass is 494 g/mol. The third-order valence-electron chi connectivity index (χ3n) is 5.22. The number of amides is 1. The normalized spacial score (nSPS) is 12.7. The number of carbonyl (C=O) groups is 1. The van der Waals surface area contributed by atoms with Crippen LogP contribution in [0.5, 0.6) is 5.75 Å². The Morgan fingerprint density at radius 1 is 0.971 bits per heavy atom. The van der Waals surface area contributed by atoms with Crippen LogP contribution in [0.15, 0.2) is 84.0 Å². The number of benzene rings is 3. The molecule has 0 saturated heterocycles. The zero-order valence-electron chi connectivity index (χ0n) is 19.2. The lowest BCUT2D eigenvalue weighted by Gasteiger charge is -2.18. The molecule has 0 fully saturated rings. The van der Waals surface area contributed by atoms with Crippen LogP contribution in [0.2, 0.25) is 0 Å². The number of hydrogen-bond acceptors (Lipinski definition) is 5. The van der Waals surface area contributed by atoms with Crippen molar-refractivity contribution in [2.45, 2.75) is 36.8 Å². The van der Waals surface area contributed by atoms with Gasteiger partial charge in [0.2, 0.25) is 5.91 Å². The molecule has 3 aromatic carbocycles. The number of nitrogens with one attached hydrogen (secondary N) is 1. The molecule has 2 unspecified atom stereocenters. The van der Waals surface area contributed by atoms with Crippen molar-refractivity contribution in [2.75, 3.05) is 5.32 Å². The molecule has 0 aliphatic rings. The predicted octanol–water partition coefficient (Wildman–Crippen LogP) is 6.19. The molecule has 35 heavy (non-hydrogen) atoms. The maximum atomic E-state index is 14.2. The first-order chi connectivity index (χ1) is 17.0. The standard InChI is InChI=1S/C26H24F2N4O2S/c1-3-23(25(33)29-21-15-9-7-13-19(21)27)35-26-31-30-24(32(26)18-11-5-4-6-12-18)17(2)34-22-16-10-8-14-20(22)28/h4-17,23H,3H2,1-2H3,(H,29,33). The molecule has 0 bridgehead atoms. The number of ether oxygens (including phenoxy) is 1. The van der Waals surface area contributed by atoms with Gasteiger partial charge in [0.25, 0.3) is 0 Å². The zero-order valence-corrected chi connectivity index (χ0v) is 20.0. The summed E-state index contributed by atoms with van der Waals surface area (Å²) in [5, 5.41) is 11.2. The summed E-state index contributed by atoms with van der Waals surface area (Å²) in [4.78, 5) is 12.9. The Morgan fingerprint density at radius 2 is 1.63 bits per heavy atom. The van der Waals surface area contributed by atoms with Gasteiger partial charge >= 0.3 is 0 Å². The van der Waals surface area contributed by atoms with Crippen molar-refractivity contribution in [1.82, 2.24) is 14.8 Å². The number of nitrogens with zero attached hydrogens (tertiary/aromatic N) is 3. The summed E-state index contributed by atoms with van der Waals surface area (Å²) in [6.45, 7) is 3.62. The van der Waals surface area contributed by atoms with Crippen molar-refractivity contribution in [1.29, 1.82) is 0 Å². The highest BCUT2D eigenvalue weighted by Crippen LogP contribution is 2.32. The Kier molecular flexibility index (Phi) is 7.77. The molecule has 180 valence electrons. The van der Waals surface area contributed by atoms with E-state index < -0.39 is 23.0 Å². The summed E-state index contributed by atoms with van der Waals surface area (Å²) in [6, 6.07) is 21.6. The minimum atomic E-state index is -0.638. The van der Waals surface area contributed by atoms with Gasteiger partial charge in [-0.1, -0.05) is 61.2 Å². The maximum Gasteiger partial charge on any atom is 0.238 e. The Labute approximate surface area is 206 Å². The molecule has 1 aromatic heterocycles. The SMILES string of the molecule is CCC(Sc1nnc(C(C)Oc2ccccc2F)n1-c1ccccc1)C(=O)Nc1ccccc1F. The van der Waals surface area contributed by atoms with E-state index in [2.05, 4.69) is 15.5 Å². The molecular formula is C26H24F2N4O2S. The summed E-state index contributed by atoms with van der Waals surface area (Å²) < 4.78 is 35.8. The number of aromatic nitrogens is 3. The number of para-hydroxylation sites is 3. The molecule has 9 heteroatoms. The lowest BCUT2D eigenvalue weighted by Crippen LogP contribution is -2.25. The molecule has 0 aliphatic heterocycles. The third kappa shape index (κ3) is 5.68. The summed E-state index contributed by atoms with van der Waals surface area (Å²) in [5.74, 6) is -0.772. The van der Waals surface area contributed by atoms with Gasteiger partial charge in [-0.15, -0.1) is 10.2 Å². The van der Waals surface area contributed by atoms with E-state index in [1.807, 2.05) is 37.3 Å². The second-order valence-electron chi connectivity index (χ2n) is 7.69. The number of thioether (sulfide) groups is 1. The van der Waals surface area contributed by atoms with E-state index in [9.17, 15) is 13.6 Å². The highest BCUT2D eigenvalue weighted by Gasteiger charge is 2.26. The Bertz CT molecular complexity index is 1300. The van der Waals surface area contributed by atoms with Gasteiger partial charge in [0.15, 0.2) is 28.7 Å². The van der Waals surface area contributed by atoms with Gasteiger partial charge in [-0.2, -0.15) is 0 Å². The van der Waals surface area contributed by atoms with E-state index in [-0.39, 0.29) is 17.3 Å². The van der Waals surface area contributed by atoms with Crippen LogP contribution in [0.4, 0.5) is 14.5 Å². The molecule has 4 rings (SSSR count). The smallest absolute Gasteiger partial charge is 0.238 e. The van der Waals surface area contributed by atoms with Crippen LogP contribution >= 0.6 is 11.8 Å². The van der Waals surface area contributed by atoms with Gasteiger partial charge in [-0.05, 0) is 49.7 Å². The molecule has 1 heterocycles. The van der Waals surface area contributed by atoms with Crippen LogP contribution in [-0.2, 0) is 4.79 Å². The van der Waals surface area contributed by atoms with E-state index in [4.69, 9.17) is 4.74 Å². The molecule has 0 radical (unpaired) electrons. The van der Waals surface area contributed by atoms with Crippen molar-refractivity contribution in [3.63, 3.8) is 0 Å². The molecule has 4 aromatic rings. The van der Waals surface area contributed by atoms with Crippen molar-refractivity contribution >= 4 is 23.4 Å². The topological polar surface area (TPSA) is 69.0 Å². The molecular weight excluding hydrogens is 470 g/mol. The predicted molar refractivity (Wildman–Crippen MR) is 132 cm³/mol. The first-order valence-corrected chi connectivity index (χ1v) is 12.0. The van der Waals surface area contributed by atoms with E-state index in [0.29, 0.717) is 17.4 Å². The first kappa shape index (κ1) is 24.4.